The molecule has 230 valence electrons. The Bertz CT molecular complexity index is 1160. The average Bonchev–Trinajstić information content (AvgIpc) is 3.47. The zero-order valence-corrected chi connectivity index (χ0v) is 24.0. The maximum absolute atomic E-state index is 13.1. The number of aromatic nitrogens is 2. The van der Waals surface area contributed by atoms with Crippen molar-refractivity contribution in [1.82, 2.24) is 31.2 Å². The Balaban J connectivity index is 2.07. The molecule has 0 aliphatic carbocycles. The van der Waals surface area contributed by atoms with Gasteiger partial charge in [0.25, 0.3) is 0 Å². The molecule has 42 heavy (non-hydrogen) atoms. The number of nitrogens with one attached hydrogen (secondary N) is 5. The van der Waals surface area contributed by atoms with Crippen molar-refractivity contribution >= 4 is 29.6 Å². The van der Waals surface area contributed by atoms with Crippen LogP contribution in [0, 0.1) is 5.92 Å². The molecule has 0 saturated heterocycles. The molecule has 10 N–H and O–H groups in total. The van der Waals surface area contributed by atoms with Crippen LogP contribution in [0.5, 0.6) is 0 Å². The van der Waals surface area contributed by atoms with Crippen LogP contribution in [0.2, 0.25) is 0 Å². The highest BCUT2D eigenvalue weighted by atomic mass is 16.4. The summed E-state index contributed by atoms with van der Waals surface area (Å²) in [4.78, 5) is 70.1. The monoisotopic (exact) mass is 586 g/mol. The van der Waals surface area contributed by atoms with Crippen LogP contribution in [0.1, 0.15) is 44.4 Å². The molecular weight excluding hydrogens is 544 g/mol. The van der Waals surface area contributed by atoms with E-state index in [2.05, 4.69) is 31.2 Å². The van der Waals surface area contributed by atoms with Gasteiger partial charge in [0.2, 0.25) is 23.6 Å². The van der Waals surface area contributed by atoms with Gasteiger partial charge in [-0.05, 0) is 30.9 Å². The van der Waals surface area contributed by atoms with E-state index in [0.29, 0.717) is 31.5 Å². The molecule has 14 nitrogen and oxygen atoms in total. The maximum atomic E-state index is 13.1. The number of aromatic amines is 1. The van der Waals surface area contributed by atoms with Crippen molar-refractivity contribution in [3.63, 3.8) is 0 Å². The van der Waals surface area contributed by atoms with Gasteiger partial charge in [0.1, 0.15) is 18.1 Å². The lowest BCUT2D eigenvalue weighted by atomic mass is 10.0. The van der Waals surface area contributed by atoms with Crippen LogP contribution in [0.4, 0.5) is 0 Å². The van der Waals surface area contributed by atoms with Gasteiger partial charge in [-0.1, -0.05) is 50.6 Å². The fourth-order valence-corrected chi connectivity index (χ4v) is 4.10. The topological polar surface area (TPSA) is 234 Å². The van der Waals surface area contributed by atoms with E-state index < -0.39 is 66.2 Å². The number of carboxylic acids is 1. The lowest BCUT2D eigenvalue weighted by molar-refractivity contribution is -0.143. The van der Waals surface area contributed by atoms with Gasteiger partial charge < -0.3 is 42.8 Å². The first-order chi connectivity index (χ1) is 20.0. The quantitative estimate of drug-likeness (QED) is 0.0995. The minimum Gasteiger partial charge on any atom is -0.480 e. The zero-order valence-electron chi connectivity index (χ0n) is 24.0. The van der Waals surface area contributed by atoms with Crippen LogP contribution in [-0.4, -0.2) is 81.9 Å². The molecule has 1 aromatic heterocycles. The number of carbonyl (C=O) groups is 5. The van der Waals surface area contributed by atoms with Crippen molar-refractivity contribution in [2.75, 3.05) is 13.1 Å². The Morgan fingerprint density at radius 1 is 0.929 bits per heavy atom. The molecular formula is C28H42N8O6. The third kappa shape index (κ3) is 11.7. The third-order valence-electron chi connectivity index (χ3n) is 6.50. The number of imidazole rings is 1. The van der Waals surface area contributed by atoms with Crippen molar-refractivity contribution in [2.24, 2.45) is 17.4 Å². The molecule has 1 heterocycles. The number of rotatable bonds is 18. The van der Waals surface area contributed by atoms with Gasteiger partial charge >= 0.3 is 5.97 Å². The number of H-pyrrole nitrogens is 1. The third-order valence-corrected chi connectivity index (χ3v) is 6.50. The summed E-state index contributed by atoms with van der Waals surface area (Å²) in [6.45, 7) is 3.29. The number of aliphatic carboxylic acids is 1. The lowest BCUT2D eigenvalue weighted by Crippen LogP contribution is -2.56. The van der Waals surface area contributed by atoms with E-state index in [1.807, 2.05) is 0 Å². The van der Waals surface area contributed by atoms with Crippen molar-refractivity contribution in [1.29, 1.82) is 0 Å². The molecule has 0 aliphatic rings. The van der Waals surface area contributed by atoms with E-state index in [-0.39, 0.29) is 12.8 Å². The van der Waals surface area contributed by atoms with Crippen LogP contribution in [0.25, 0.3) is 0 Å². The average molecular weight is 587 g/mol. The van der Waals surface area contributed by atoms with Crippen LogP contribution in [-0.2, 0) is 36.8 Å². The van der Waals surface area contributed by atoms with Gasteiger partial charge in [0.15, 0.2) is 0 Å². The summed E-state index contributed by atoms with van der Waals surface area (Å²) < 4.78 is 0. The summed E-state index contributed by atoms with van der Waals surface area (Å²) in [6, 6.07) is 4.73. The Morgan fingerprint density at radius 3 is 2.21 bits per heavy atom. The highest BCUT2D eigenvalue weighted by molar-refractivity contribution is 5.94. The van der Waals surface area contributed by atoms with E-state index >= 15 is 0 Å². The molecule has 4 amide bonds. The number of nitrogens with zero attached hydrogens (tertiary/aromatic N) is 1. The number of hydrogen-bond donors (Lipinski definition) is 8. The molecule has 0 aliphatic heterocycles. The van der Waals surface area contributed by atoms with E-state index in [4.69, 9.17) is 11.5 Å². The number of carboxylic acid groups (broad SMARTS) is 1. The van der Waals surface area contributed by atoms with E-state index in [0.717, 1.165) is 5.56 Å². The van der Waals surface area contributed by atoms with Gasteiger partial charge in [-0.25, -0.2) is 9.78 Å². The number of carbonyl (C=O) groups excluding carboxylic acids is 4. The number of unbranched alkanes of at least 4 members (excludes halogenated alkanes) is 1. The van der Waals surface area contributed by atoms with E-state index in [1.165, 1.54) is 6.33 Å². The second-order valence-electron chi connectivity index (χ2n) is 10.3. The first kappa shape index (κ1) is 33.9. The molecule has 2 rings (SSSR count). The number of nitrogens with two attached hydrogens (primary N) is 2. The smallest absolute Gasteiger partial charge is 0.326 e. The first-order valence-electron chi connectivity index (χ1n) is 13.9. The molecule has 0 bridgehead atoms. The molecule has 0 fully saturated rings. The summed E-state index contributed by atoms with van der Waals surface area (Å²) >= 11 is 0. The van der Waals surface area contributed by atoms with Gasteiger partial charge in [-0.15, -0.1) is 0 Å². The standard InChI is InChI=1S/C28H42N8O6/c1-17(2)24(28(41)42)36-27(40)21(12-18-8-4-3-5-9-18)34-23(37)15-32-26(39)22(13-19-14-31-16-33-19)35-25(38)20(30)10-6-7-11-29/h3-5,8-9,14,16-17,20-22,24H,6-7,10-13,15,29-30H2,1-2H3,(H,31,33)(H,32,39)(H,34,37)(H,35,38)(H,36,40)(H,41,42)/t20-,21-,22-,24-/m0/s1. The SMILES string of the molecule is CC(C)[C@H](NC(=O)[C@H](Cc1ccccc1)NC(=O)CNC(=O)[C@H](Cc1c[nH]cn1)NC(=O)[C@@H](N)CCCCN)C(=O)O. The summed E-state index contributed by atoms with van der Waals surface area (Å²) in [7, 11) is 0. The van der Waals surface area contributed by atoms with Crippen molar-refractivity contribution in [3.8, 4) is 0 Å². The van der Waals surface area contributed by atoms with Gasteiger partial charge in [-0.3, -0.25) is 19.2 Å². The Hall–Kier alpha value is -4.30. The second kappa shape index (κ2) is 17.5. The molecule has 0 spiro atoms. The highest BCUT2D eigenvalue weighted by Crippen LogP contribution is 2.07. The first-order valence-corrected chi connectivity index (χ1v) is 13.9. The Labute approximate surface area is 244 Å². The van der Waals surface area contributed by atoms with Crippen LogP contribution < -0.4 is 32.7 Å². The fraction of sp³-hybridized carbons (Fsp3) is 0.500. The predicted octanol–water partition coefficient (Wildman–Crippen LogP) is -1.04. The molecule has 0 radical (unpaired) electrons. The molecule has 14 heteroatoms. The molecule has 0 saturated carbocycles. The summed E-state index contributed by atoms with van der Waals surface area (Å²) in [5, 5.41) is 19.7. The second-order valence-corrected chi connectivity index (χ2v) is 10.3. The summed E-state index contributed by atoms with van der Waals surface area (Å²) in [5.74, 6) is -4.12. The Kier molecular flexibility index (Phi) is 14.1. The Morgan fingerprint density at radius 2 is 1.62 bits per heavy atom. The molecule has 1 aromatic carbocycles. The van der Waals surface area contributed by atoms with E-state index in [9.17, 15) is 29.1 Å². The van der Waals surface area contributed by atoms with Crippen molar-refractivity contribution in [3.05, 3.63) is 54.1 Å². The van der Waals surface area contributed by atoms with Crippen LogP contribution >= 0.6 is 0 Å². The van der Waals surface area contributed by atoms with Crippen LogP contribution in [0.3, 0.4) is 0 Å². The number of amides is 4. The predicted molar refractivity (Wildman–Crippen MR) is 155 cm³/mol. The lowest BCUT2D eigenvalue weighted by Gasteiger charge is -2.24. The van der Waals surface area contributed by atoms with Gasteiger partial charge in [0, 0.05) is 19.0 Å². The largest absolute Gasteiger partial charge is 0.480 e. The minimum atomic E-state index is -1.19. The normalized spacial score (nSPS) is 13.8. The summed E-state index contributed by atoms with van der Waals surface area (Å²) in [5.41, 5.74) is 12.7. The minimum absolute atomic E-state index is 0.0447. The zero-order chi connectivity index (χ0) is 31.1. The van der Waals surface area contributed by atoms with Crippen LogP contribution in [0.15, 0.2) is 42.9 Å². The van der Waals surface area contributed by atoms with E-state index in [1.54, 1.807) is 50.4 Å². The van der Waals surface area contributed by atoms with Crippen molar-refractivity contribution in [2.45, 2.75) is 70.1 Å². The number of hydrogen-bond acceptors (Lipinski definition) is 8. The number of benzene rings is 1. The summed E-state index contributed by atoms with van der Waals surface area (Å²) in [6.07, 6.45) is 4.92. The molecule has 2 aromatic rings. The molecule has 0 unspecified atom stereocenters. The van der Waals surface area contributed by atoms with Gasteiger partial charge in [-0.2, -0.15) is 0 Å². The highest BCUT2D eigenvalue weighted by Gasteiger charge is 2.29. The fourth-order valence-electron chi connectivity index (χ4n) is 4.10. The maximum Gasteiger partial charge on any atom is 0.326 e. The molecule has 4 atom stereocenters. The van der Waals surface area contributed by atoms with Crippen molar-refractivity contribution < 1.29 is 29.1 Å². The van der Waals surface area contributed by atoms with Gasteiger partial charge in [0.05, 0.1) is 24.6 Å².